The number of alkyl halides is 2. The molecule has 0 radical (unpaired) electrons. The van der Waals surface area contributed by atoms with Crippen LogP contribution in [0.3, 0.4) is 0 Å². The van der Waals surface area contributed by atoms with Gasteiger partial charge >= 0.3 is 12.7 Å². The van der Waals surface area contributed by atoms with Gasteiger partial charge in [-0.1, -0.05) is 0 Å². The summed E-state index contributed by atoms with van der Waals surface area (Å²) >= 11 is 0. The number of amides is 1. The second-order valence-corrected chi connectivity index (χ2v) is 8.17. The van der Waals surface area contributed by atoms with Crippen LogP contribution >= 0.6 is 0 Å². The van der Waals surface area contributed by atoms with Crippen molar-refractivity contribution >= 4 is 11.9 Å². The maximum Gasteiger partial charge on any atom is 0.410 e. The zero-order valence-electron chi connectivity index (χ0n) is 16.2. The van der Waals surface area contributed by atoms with E-state index in [2.05, 4.69) is 4.74 Å². The Balaban J connectivity index is 1.69. The minimum atomic E-state index is -2.90. The summed E-state index contributed by atoms with van der Waals surface area (Å²) in [5.41, 5.74) is -0.155. The third-order valence-corrected chi connectivity index (χ3v) is 4.86. The first kappa shape index (κ1) is 20.5. The summed E-state index contributed by atoms with van der Waals surface area (Å²) < 4.78 is 39.9. The van der Waals surface area contributed by atoms with E-state index in [-0.39, 0.29) is 35.6 Å². The molecule has 2 unspecified atom stereocenters. The first-order valence-electron chi connectivity index (χ1n) is 9.32. The lowest BCUT2D eigenvalue weighted by atomic mass is 9.81. The van der Waals surface area contributed by atoms with Gasteiger partial charge in [-0.05, 0) is 57.9 Å². The molecule has 8 heteroatoms. The number of halogens is 2. The van der Waals surface area contributed by atoms with Crippen molar-refractivity contribution in [2.45, 2.75) is 57.9 Å². The van der Waals surface area contributed by atoms with Crippen molar-refractivity contribution in [1.29, 1.82) is 0 Å². The van der Waals surface area contributed by atoms with E-state index in [0.29, 0.717) is 31.6 Å². The predicted octanol–water partition coefficient (Wildman–Crippen LogP) is 3.89. The van der Waals surface area contributed by atoms with E-state index in [1.54, 1.807) is 4.90 Å². The number of piperidine rings is 1. The number of hydrogen-bond acceptors (Lipinski definition) is 5. The Hall–Kier alpha value is -2.22. The van der Waals surface area contributed by atoms with Gasteiger partial charge in [0.1, 0.15) is 11.4 Å². The van der Waals surface area contributed by atoms with Crippen LogP contribution in [0.4, 0.5) is 13.6 Å². The molecule has 2 bridgehead atoms. The second kappa shape index (κ2) is 8.03. The molecule has 1 aromatic rings. The van der Waals surface area contributed by atoms with Gasteiger partial charge in [0.25, 0.3) is 0 Å². The summed E-state index contributed by atoms with van der Waals surface area (Å²) in [7, 11) is 0. The van der Waals surface area contributed by atoms with Crippen molar-refractivity contribution in [3.63, 3.8) is 0 Å². The minimum Gasteiger partial charge on any atom is -0.444 e. The first-order valence-corrected chi connectivity index (χ1v) is 9.32. The fraction of sp³-hybridized carbons (Fsp3) is 0.600. The summed E-state index contributed by atoms with van der Waals surface area (Å²) in [6, 6.07) is 5.26. The number of ether oxygens (including phenoxy) is 3. The van der Waals surface area contributed by atoms with Gasteiger partial charge in [-0.2, -0.15) is 8.78 Å². The molecule has 2 saturated heterocycles. The molecule has 0 spiro atoms. The van der Waals surface area contributed by atoms with E-state index in [0.717, 1.165) is 0 Å². The average molecular weight is 397 g/mol. The minimum absolute atomic E-state index is 0.0107. The normalized spacial score (nSPS) is 24.8. The standard InChI is InChI=1S/C20H25F2NO5/c1-20(2,3)28-19(25)23-14-8-13(9-15(23)11-26-10-14)17(24)12-4-6-16(7-5-12)27-18(21)22/h4-7,13-15,18H,8-11H2,1-3H3. The molecule has 6 nitrogen and oxygen atoms in total. The second-order valence-electron chi connectivity index (χ2n) is 8.17. The number of fused-ring (bicyclic) bond motifs is 2. The lowest BCUT2D eigenvalue weighted by molar-refractivity contribution is -0.0861. The molecule has 0 aromatic heterocycles. The first-order chi connectivity index (χ1) is 13.1. The van der Waals surface area contributed by atoms with E-state index in [4.69, 9.17) is 9.47 Å². The smallest absolute Gasteiger partial charge is 0.410 e. The number of benzene rings is 1. The Morgan fingerprint density at radius 1 is 1.11 bits per heavy atom. The van der Waals surface area contributed by atoms with Gasteiger partial charge in [-0.3, -0.25) is 9.69 Å². The fourth-order valence-corrected chi connectivity index (χ4v) is 3.78. The van der Waals surface area contributed by atoms with Crippen LogP contribution in [0.25, 0.3) is 0 Å². The van der Waals surface area contributed by atoms with Crippen LogP contribution in [-0.2, 0) is 9.47 Å². The summed E-state index contributed by atoms with van der Waals surface area (Å²) in [6.45, 7) is 3.26. The monoisotopic (exact) mass is 397 g/mol. The number of morpholine rings is 1. The largest absolute Gasteiger partial charge is 0.444 e. The molecule has 3 rings (SSSR count). The van der Waals surface area contributed by atoms with E-state index >= 15 is 0 Å². The maximum absolute atomic E-state index is 12.9. The SMILES string of the molecule is CC(C)(C)OC(=O)N1C2COCC1CC(C(=O)c1ccc(OC(F)F)cc1)C2. The molecule has 1 aromatic carbocycles. The Kier molecular flexibility index (Phi) is 5.88. The highest BCUT2D eigenvalue weighted by atomic mass is 19.3. The lowest BCUT2D eigenvalue weighted by Crippen LogP contribution is -2.60. The third-order valence-electron chi connectivity index (χ3n) is 4.86. The Labute approximate surface area is 162 Å². The van der Waals surface area contributed by atoms with E-state index in [1.165, 1.54) is 24.3 Å². The number of carbonyl (C=O) groups is 2. The number of carbonyl (C=O) groups excluding carboxylic acids is 2. The van der Waals surface area contributed by atoms with Crippen LogP contribution in [0.15, 0.2) is 24.3 Å². The highest BCUT2D eigenvalue weighted by Gasteiger charge is 2.45. The zero-order chi connectivity index (χ0) is 20.5. The molecule has 2 fully saturated rings. The van der Waals surface area contributed by atoms with Crippen LogP contribution < -0.4 is 4.74 Å². The van der Waals surface area contributed by atoms with Crippen molar-refractivity contribution in [2.75, 3.05) is 13.2 Å². The van der Waals surface area contributed by atoms with Gasteiger partial charge in [0, 0.05) is 11.5 Å². The molecular formula is C20H25F2NO5. The quantitative estimate of drug-likeness (QED) is 0.722. The molecular weight excluding hydrogens is 372 g/mol. The summed E-state index contributed by atoms with van der Waals surface area (Å²) in [6.07, 6.45) is 0.568. The molecule has 0 aliphatic carbocycles. The summed E-state index contributed by atoms with van der Waals surface area (Å²) in [5, 5.41) is 0. The molecule has 2 aliphatic heterocycles. The van der Waals surface area contributed by atoms with Crippen LogP contribution in [0, 0.1) is 5.92 Å². The van der Waals surface area contributed by atoms with Gasteiger partial charge in [0.2, 0.25) is 0 Å². The number of rotatable bonds is 4. The van der Waals surface area contributed by atoms with Crippen molar-refractivity contribution < 1.29 is 32.6 Å². The lowest BCUT2D eigenvalue weighted by Gasteiger charge is -2.47. The number of nitrogens with zero attached hydrogens (tertiary/aromatic N) is 1. The third kappa shape index (κ3) is 4.79. The van der Waals surface area contributed by atoms with E-state index in [1.807, 2.05) is 20.8 Å². The fourth-order valence-electron chi connectivity index (χ4n) is 3.78. The Bertz CT molecular complexity index is 702. The molecule has 2 aliphatic rings. The Morgan fingerprint density at radius 3 is 2.18 bits per heavy atom. The summed E-state index contributed by atoms with van der Waals surface area (Å²) in [5.74, 6) is -0.319. The van der Waals surface area contributed by atoms with Gasteiger partial charge in [-0.25, -0.2) is 4.79 Å². The molecule has 1 amide bonds. The molecule has 0 N–H and O–H groups in total. The van der Waals surface area contributed by atoms with Gasteiger partial charge in [0.05, 0.1) is 25.3 Å². The molecule has 154 valence electrons. The maximum atomic E-state index is 12.9. The number of ketones is 1. The number of Topliss-reactive ketones (excluding diaryl/α,β-unsaturated/α-hetero) is 1. The number of hydrogen-bond donors (Lipinski definition) is 0. The van der Waals surface area contributed by atoms with Gasteiger partial charge in [-0.15, -0.1) is 0 Å². The predicted molar refractivity (Wildman–Crippen MR) is 96.6 cm³/mol. The molecule has 2 heterocycles. The van der Waals surface area contributed by atoms with Crippen molar-refractivity contribution in [1.82, 2.24) is 4.90 Å². The summed E-state index contributed by atoms with van der Waals surface area (Å²) in [4.78, 5) is 27.2. The van der Waals surface area contributed by atoms with E-state index in [9.17, 15) is 18.4 Å². The van der Waals surface area contributed by atoms with Gasteiger partial charge in [0.15, 0.2) is 5.78 Å². The van der Waals surface area contributed by atoms with Crippen molar-refractivity contribution in [3.8, 4) is 5.75 Å². The molecule has 0 saturated carbocycles. The van der Waals surface area contributed by atoms with Crippen LogP contribution in [0.2, 0.25) is 0 Å². The van der Waals surface area contributed by atoms with Gasteiger partial charge < -0.3 is 14.2 Å². The van der Waals surface area contributed by atoms with Crippen LogP contribution in [-0.4, -0.2) is 54.3 Å². The average Bonchev–Trinajstić information content (AvgIpc) is 2.58. The highest BCUT2D eigenvalue weighted by Crippen LogP contribution is 2.35. The van der Waals surface area contributed by atoms with Crippen LogP contribution in [0.5, 0.6) is 5.75 Å². The Morgan fingerprint density at radius 2 is 1.68 bits per heavy atom. The van der Waals surface area contributed by atoms with Crippen LogP contribution in [0.1, 0.15) is 44.0 Å². The molecule has 2 atom stereocenters. The van der Waals surface area contributed by atoms with E-state index < -0.39 is 12.2 Å². The topological polar surface area (TPSA) is 65.1 Å². The van der Waals surface area contributed by atoms with Crippen molar-refractivity contribution in [3.05, 3.63) is 29.8 Å². The zero-order valence-corrected chi connectivity index (χ0v) is 16.2. The highest BCUT2D eigenvalue weighted by molar-refractivity contribution is 5.98. The van der Waals surface area contributed by atoms with Crippen molar-refractivity contribution in [2.24, 2.45) is 5.92 Å². The molecule has 28 heavy (non-hydrogen) atoms.